The Morgan fingerprint density at radius 2 is 1.82 bits per heavy atom. The molecule has 2 saturated heterocycles. The van der Waals surface area contributed by atoms with E-state index < -0.39 is 0 Å². The van der Waals surface area contributed by atoms with E-state index in [1.807, 2.05) is 28.9 Å². The number of halogens is 1. The molecule has 2 atom stereocenters. The molecule has 1 aromatic carbocycles. The Labute approximate surface area is 219 Å². The van der Waals surface area contributed by atoms with Gasteiger partial charge in [0.25, 0.3) is 0 Å². The van der Waals surface area contributed by atoms with Gasteiger partial charge in [-0.15, -0.1) is 0 Å². The molecule has 3 fully saturated rings. The minimum absolute atomic E-state index is 0.324. The SMILES string of the molecule is Fc1ccc(-c2c(-c3ccncc3)nn3c(C4CCC(N5C[C@H]6C[C@H]5CN6)CC4)ccnc23)c2cn[nH]c12. The summed E-state index contributed by atoms with van der Waals surface area (Å²) in [4.78, 5) is 11.8. The third-order valence-corrected chi connectivity index (χ3v) is 9.02. The standard InChI is InChI=1S/C29H29FN8/c30-24-6-5-22(23-15-34-35-28(23)24)26-27(18-7-10-31-11-8-18)36-38-25(9-12-32-29(26)38)17-1-3-20(4-2-17)37-16-19-13-21(37)14-33-19/h5-12,15,17,19-21,33H,1-4,13-14,16H2,(H,34,35)/t17?,19-,20?,21+/m1/s1. The summed E-state index contributed by atoms with van der Waals surface area (Å²) in [6.07, 6.45) is 13.2. The van der Waals surface area contributed by atoms with Crippen LogP contribution in [-0.4, -0.2) is 65.9 Å². The maximum absolute atomic E-state index is 14.6. The molecule has 1 aliphatic carbocycles. The molecule has 0 unspecified atom stereocenters. The molecule has 2 aliphatic heterocycles. The van der Waals surface area contributed by atoms with E-state index in [-0.39, 0.29) is 5.82 Å². The topological polar surface area (TPSA) is 87.0 Å². The van der Waals surface area contributed by atoms with Crippen LogP contribution >= 0.6 is 0 Å². The third-order valence-electron chi connectivity index (χ3n) is 9.02. The van der Waals surface area contributed by atoms with Gasteiger partial charge >= 0.3 is 0 Å². The molecule has 4 aromatic heterocycles. The number of aromatic nitrogens is 6. The highest BCUT2D eigenvalue weighted by molar-refractivity contribution is 6.02. The van der Waals surface area contributed by atoms with Gasteiger partial charge in [-0.05, 0) is 61.9 Å². The van der Waals surface area contributed by atoms with Crippen molar-refractivity contribution in [1.82, 2.24) is 40.0 Å². The van der Waals surface area contributed by atoms with Gasteiger partial charge in [0.2, 0.25) is 0 Å². The molecule has 8 rings (SSSR count). The lowest BCUT2D eigenvalue weighted by Gasteiger charge is -2.39. The predicted molar refractivity (Wildman–Crippen MR) is 143 cm³/mol. The zero-order chi connectivity index (χ0) is 25.2. The van der Waals surface area contributed by atoms with Gasteiger partial charge in [0.15, 0.2) is 5.65 Å². The van der Waals surface area contributed by atoms with Crippen LogP contribution in [0.2, 0.25) is 0 Å². The van der Waals surface area contributed by atoms with Crippen molar-refractivity contribution in [2.24, 2.45) is 0 Å². The van der Waals surface area contributed by atoms with Crippen molar-refractivity contribution in [3.63, 3.8) is 0 Å². The predicted octanol–water partition coefficient (Wildman–Crippen LogP) is 4.55. The van der Waals surface area contributed by atoms with Crippen LogP contribution < -0.4 is 5.32 Å². The molecule has 0 radical (unpaired) electrons. The fourth-order valence-electron chi connectivity index (χ4n) is 7.20. The third kappa shape index (κ3) is 3.41. The number of nitrogens with zero attached hydrogens (tertiary/aromatic N) is 6. The Hall–Kier alpha value is -3.69. The molecule has 2 bridgehead atoms. The largest absolute Gasteiger partial charge is 0.311 e. The molecule has 0 spiro atoms. The summed E-state index contributed by atoms with van der Waals surface area (Å²) < 4.78 is 16.6. The molecule has 0 amide bonds. The first kappa shape index (κ1) is 22.3. The maximum Gasteiger partial charge on any atom is 0.163 e. The lowest BCUT2D eigenvalue weighted by molar-refractivity contribution is 0.120. The van der Waals surface area contributed by atoms with Gasteiger partial charge in [-0.25, -0.2) is 13.9 Å². The Morgan fingerprint density at radius 3 is 2.61 bits per heavy atom. The first-order chi connectivity index (χ1) is 18.7. The van der Waals surface area contributed by atoms with E-state index in [9.17, 15) is 4.39 Å². The Bertz CT molecular complexity index is 1630. The smallest absolute Gasteiger partial charge is 0.163 e. The van der Waals surface area contributed by atoms with Gasteiger partial charge in [-0.1, -0.05) is 6.07 Å². The molecule has 38 heavy (non-hydrogen) atoms. The van der Waals surface area contributed by atoms with Crippen molar-refractivity contribution < 1.29 is 4.39 Å². The first-order valence-corrected chi connectivity index (χ1v) is 13.6. The summed E-state index contributed by atoms with van der Waals surface area (Å²) in [7, 11) is 0. The average Bonchev–Trinajstić information content (AvgIpc) is 3.77. The summed E-state index contributed by atoms with van der Waals surface area (Å²) >= 11 is 0. The van der Waals surface area contributed by atoms with Gasteiger partial charge < -0.3 is 5.32 Å². The summed E-state index contributed by atoms with van der Waals surface area (Å²) in [5, 5.41) is 16.5. The lowest BCUT2D eigenvalue weighted by Crippen LogP contribution is -2.49. The average molecular weight is 509 g/mol. The quantitative estimate of drug-likeness (QED) is 0.371. The van der Waals surface area contributed by atoms with Crippen LogP contribution in [0.5, 0.6) is 0 Å². The van der Waals surface area contributed by atoms with Gasteiger partial charge in [0.1, 0.15) is 17.0 Å². The number of benzene rings is 1. The summed E-state index contributed by atoms with van der Waals surface area (Å²) in [6, 6.07) is 11.5. The highest BCUT2D eigenvalue weighted by Gasteiger charge is 2.42. The van der Waals surface area contributed by atoms with E-state index in [0.717, 1.165) is 58.8 Å². The summed E-state index contributed by atoms with van der Waals surface area (Å²) in [5.74, 6) is 0.102. The van der Waals surface area contributed by atoms with Gasteiger partial charge in [-0.3, -0.25) is 15.0 Å². The minimum atomic E-state index is -0.324. The van der Waals surface area contributed by atoms with E-state index in [0.29, 0.717) is 23.5 Å². The number of hydrogen-bond donors (Lipinski definition) is 2. The van der Waals surface area contributed by atoms with E-state index in [1.54, 1.807) is 18.6 Å². The second-order valence-electron chi connectivity index (χ2n) is 11.0. The monoisotopic (exact) mass is 508 g/mol. The molecular formula is C29H29FN8. The Kier molecular flexibility index (Phi) is 5.09. The highest BCUT2D eigenvalue weighted by atomic mass is 19.1. The fraction of sp³-hybridized carbons (Fsp3) is 0.379. The van der Waals surface area contributed by atoms with Crippen LogP contribution in [0.25, 0.3) is 38.9 Å². The molecule has 2 N–H and O–H groups in total. The number of fused-ring (bicyclic) bond motifs is 4. The molecule has 8 nitrogen and oxygen atoms in total. The van der Waals surface area contributed by atoms with Gasteiger partial charge in [-0.2, -0.15) is 10.2 Å². The second-order valence-corrected chi connectivity index (χ2v) is 11.0. The van der Waals surface area contributed by atoms with E-state index >= 15 is 0 Å². The number of rotatable bonds is 4. The molecular weight excluding hydrogens is 479 g/mol. The molecule has 5 aromatic rings. The molecule has 1 saturated carbocycles. The van der Waals surface area contributed by atoms with E-state index in [1.165, 1.54) is 37.6 Å². The number of pyridine rings is 1. The Morgan fingerprint density at radius 1 is 0.947 bits per heavy atom. The number of aromatic amines is 1. The lowest BCUT2D eigenvalue weighted by atomic mass is 9.83. The maximum atomic E-state index is 14.6. The van der Waals surface area contributed by atoms with Crippen LogP contribution in [0.4, 0.5) is 4.39 Å². The highest BCUT2D eigenvalue weighted by Crippen LogP contribution is 2.42. The molecule has 6 heterocycles. The summed E-state index contributed by atoms with van der Waals surface area (Å²) in [5.41, 5.74) is 5.90. The van der Waals surface area contributed by atoms with E-state index in [2.05, 4.69) is 31.5 Å². The fourth-order valence-corrected chi connectivity index (χ4v) is 7.20. The van der Waals surface area contributed by atoms with E-state index in [4.69, 9.17) is 10.1 Å². The van der Waals surface area contributed by atoms with Crippen LogP contribution in [-0.2, 0) is 0 Å². The Balaban J connectivity index is 1.21. The molecule has 9 heteroatoms. The molecule has 3 aliphatic rings. The number of piperazine rings is 1. The summed E-state index contributed by atoms with van der Waals surface area (Å²) in [6.45, 7) is 2.36. The zero-order valence-corrected chi connectivity index (χ0v) is 21.0. The first-order valence-electron chi connectivity index (χ1n) is 13.6. The zero-order valence-electron chi connectivity index (χ0n) is 21.0. The number of H-pyrrole nitrogens is 1. The van der Waals surface area contributed by atoms with Crippen molar-refractivity contribution in [3.8, 4) is 22.4 Å². The van der Waals surface area contributed by atoms with Gasteiger partial charge in [0.05, 0.1) is 11.8 Å². The normalized spacial score (nSPS) is 25.6. The molecule has 192 valence electrons. The van der Waals surface area contributed by atoms with Crippen LogP contribution in [0.1, 0.15) is 43.7 Å². The van der Waals surface area contributed by atoms with Crippen LogP contribution in [0.15, 0.2) is 55.1 Å². The van der Waals surface area contributed by atoms with Crippen molar-refractivity contribution in [2.45, 2.75) is 56.1 Å². The van der Waals surface area contributed by atoms with Crippen molar-refractivity contribution >= 4 is 16.6 Å². The second kappa shape index (κ2) is 8.68. The van der Waals surface area contributed by atoms with Crippen molar-refractivity contribution in [1.29, 1.82) is 0 Å². The van der Waals surface area contributed by atoms with Gasteiger partial charge in [0, 0.05) is 72.4 Å². The number of hydrogen-bond acceptors (Lipinski definition) is 6. The van der Waals surface area contributed by atoms with Crippen molar-refractivity contribution in [3.05, 3.63) is 66.6 Å². The number of likely N-dealkylation sites (tertiary alicyclic amines) is 1. The van der Waals surface area contributed by atoms with Crippen LogP contribution in [0, 0.1) is 5.82 Å². The van der Waals surface area contributed by atoms with Crippen LogP contribution in [0.3, 0.4) is 0 Å². The number of nitrogens with one attached hydrogen (secondary N) is 2. The van der Waals surface area contributed by atoms with Crippen molar-refractivity contribution in [2.75, 3.05) is 13.1 Å². The minimum Gasteiger partial charge on any atom is -0.311 e.